The number of hydrogen-bond donors (Lipinski definition) is 1. The van der Waals surface area contributed by atoms with Gasteiger partial charge in [-0.05, 0) is 50.1 Å². The normalized spacial score (nSPS) is 16.0. The number of nitrogens with one attached hydrogen (secondary N) is 1. The Balaban J connectivity index is 1.52. The van der Waals surface area contributed by atoms with Crippen LogP contribution in [-0.2, 0) is 19.6 Å². The van der Waals surface area contributed by atoms with Crippen molar-refractivity contribution in [3.8, 4) is 0 Å². The van der Waals surface area contributed by atoms with Crippen LogP contribution in [0.1, 0.15) is 30.1 Å². The number of ether oxygens (including phenoxy) is 1. The summed E-state index contributed by atoms with van der Waals surface area (Å²) < 4.78 is 30.2. The van der Waals surface area contributed by atoms with Crippen LogP contribution in [0.15, 0.2) is 42.7 Å². The summed E-state index contributed by atoms with van der Waals surface area (Å²) in [4.78, 5) is 35.5. The lowest BCUT2D eigenvalue weighted by molar-refractivity contribution is -0.152. The Bertz CT molecular complexity index is 988. The Hall–Kier alpha value is -3.01. The fourth-order valence-corrected chi connectivity index (χ4v) is 3.81. The van der Waals surface area contributed by atoms with Crippen molar-refractivity contribution < 1.29 is 22.7 Å². The van der Waals surface area contributed by atoms with E-state index < -0.39 is 16.1 Å². The van der Waals surface area contributed by atoms with Crippen LogP contribution in [0.5, 0.6) is 0 Å². The minimum absolute atomic E-state index is 0.276. The number of Topliss-reactive ketones (excluding diaryl/α,β-unsaturated/α-hetero) is 1. The molecule has 0 bridgehead atoms. The molecule has 0 aliphatic carbocycles. The monoisotopic (exact) mass is 432 g/mol. The van der Waals surface area contributed by atoms with Gasteiger partial charge in [-0.1, -0.05) is 0 Å². The molecule has 3 rings (SSSR count). The summed E-state index contributed by atoms with van der Waals surface area (Å²) in [5.74, 6) is -0.368. The summed E-state index contributed by atoms with van der Waals surface area (Å²) in [5, 5.41) is 0. The third-order valence-corrected chi connectivity index (χ3v) is 5.40. The predicted octanol–water partition coefficient (Wildman–Crippen LogP) is 1.88. The molecule has 0 radical (unpaired) electrons. The van der Waals surface area contributed by atoms with Crippen LogP contribution in [0.4, 0.5) is 11.6 Å². The lowest BCUT2D eigenvalue weighted by Gasteiger charge is -2.31. The molecule has 1 N–H and O–H groups in total. The average Bonchev–Trinajstić information content (AvgIpc) is 2.73. The van der Waals surface area contributed by atoms with Crippen LogP contribution in [0.25, 0.3) is 0 Å². The molecular weight excluding hydrogens is 408 g/mol. The molecule has 1 unspecified atom stereocenters. The largest absolute Gasteiger partial charge is 0.454 e. The SMILES string of the molecule is CC(OC(=O)C1CCN(c2ncccn2)CC1)C(=O)c1ccc(NS(C)(=O)=O)cc1. The number of piperidine rings is 1. The molecule has 1 fully saturated rings. The van der Waals surface area contributed by atoms with Crippen LogP contribution >= 0.6 is 0 Å². The third-order valence-electron chi connectivity index (χ3n) is 4.80. The Morgan fingerprint density at radius 2 is 1.73 bits per heavy atom. The zero-order valence-corrected chi connectivity index (χ0v) is 17.6. The van der Waals surface area contributed by atoms with Gasteiger partial charge in [-0.3, -0.25) is 14.3 Å². The van der Waals surface area contributed by atoms with E-state index in [2.05, 4.69) is 14.7 Å². The molecule has 10 heteroatoms. The molecule has 160 valence electrons. The van der Waals surface area contributed by atoms with E-state index in [0.29, 0.717) is 43.1 Å². The van der Waals surface area contributed by atoms with Crippen molar-refractivity contribution in [1.82, 2.24) is 9.97 Å². The van der Waals surface area contributed by atoms with Crippen molar-refractivity contribution in [2.45, 2.75) is 25.9 Å². The second-order valence-electron chi connectivity index (χ2n) is 7.21. The maximum Gasteiger partial charge on any atom is 0.309 e. The van der Waals surface area contributed by atoms with E-state index >= 15 is 0 Å². The first-order chi connectivity index (χ1) is 14.2. The lowest BCUT2D eigenvalue weighted by Crippen LogP contribution is -2.39. The van der Waals surface area contributed by atoms with Crippen LogP contribution < -0.4 is 9.62 Å². The molecule has 1 aliphatic rings. The van der Waals surface area contributed by atoms with Crippen molar-refractivity contribution in [2.24, 2.45) is 5.92 Å². The average molecular weight is 433 g/mol. The maximum absolute atomic E-state index is 12.6. The minimum Gasteiger partial charge on any atom is -0.454 e. The number of sulfonamides is 1. The Morgan fingerprint density at radius 3 is 2.30 bits per heavy atom. The fraction of sp³-hybridized carbons (Fsp3) is 0.400. The lowest BCUT2D eigenvalue weighted by atomic mass is 9.97. The van der Waals surface area contributed by atoms with E-state index in [1.54, 1.807) is 18.5 Å². The molecule has 1 atom stereocenters. The number of carbonyl (C=O) groups is 2. The van der Waals surface area contributed by atoms with E-state index in [-0.39, 0.29) is 17.7 Å². The van der Waals surface area contributed by atoms with Gasteiger partial charge >= 0.3 is 5.97 Å². The molecule has 9 nitrogen and oxygen atoms in total. The van der Waals surface area contributed by atoms with Gasteiger partial charge in [0.15, 0.2) is 6.10 Å². The number of aromatic nitrogens is 2. The Morgan fingerprint density at radius 1 is 1.13 bits per heavy atom. The van der Waals surface area contributed by atoms with Crippen LogP contribution in [0.2, 0.25) is 0 Å². The molecule has 1 aliphatic heterocycles. The topological polar surface area (TPSA) is 119 Å². The molecule has 1 saturated heterocycles. The van der Waals surface area contributed by atoms with Gasteiger partial charge in [0.05, 0.1) is 12.2 Å². The molecule has 1 aromatic carbocycles. The summed E-state index contributed by atoms with van der Waals surface area (Å²) in [6.07, 6.45) is 4.68. The number of esters is 1. The van der Waals surface area contributed by atoms with Gasteiger partial charge in [-0.25, -0.2) is 18.4 Å². The van der Waals surface area contributed by atoms with Gasteiger partial charge in [0.2, 0.25) is 21.8 Å². The first-order valence-corrected chi connectivity index (χ1v) is 11.5. The molecule has 2 heterocycles. The number of hydrogen-bond acceptors (Lipinski definition) is 8. The summed E-state index contributed by atoms with van der Waals surface area (Å²) in [6.45, 7) is 2.82. The van der Waals surface area contributed by atoms with E-state index in [1.165, 1.54) is 31.2 Å². The Labute approximate surface area is 175 Å². The number of nitrogens with zero attached hydrogens (tertiary/aromatic N) is 3. The first-order valence-electron chi connectivity index (χ1n) is 9.57. The van der Waals surface area contributed by atoms with Gasteiger partial charge in [0, 0.05) is 36.7 Å². The van der Waals surface area contributed by atoms with Gasteiger partial charge in [-0.2, -0.15) is 0 Å². The quantitative estimate of drug-likeness (QED) is 0.520. The highest BCUT2D eigenvalue weighted by Crippen LogP contribution is 2.22. The molecular formula is C20H24N4O5S. The van der Waals surface area contributed by atoms with Crippen LogP contribution in [0, 0.1) is 5.92 Å². The number of benzene rings is 1. The van der Waals surface area contributed by atoms with Crippen LogP contribution in [0.3, 0.4) is 0 Å². The Kier molecular flexibility index (Phi) is 6.66. The van der Waals surface area contributed by atoms with Crippen molar-refractivity contribution in [2.75, 3.05) is 29.0 Å². The van der Waals surface area contributed by atoms with E-state index in [4.69, 9.17) is 4.74 Å². The number of anilines is 2. The van der Waals surface area contributed by atoms with E-state index in [1.807, 2.05) is 4.90 Å². The highest BCUT2D eigenvalue weighted by molar-refractivity contribution is 7.92. The summed E-state index contributed by atoms with van der Waals surface area (Å²) in [6, 6.07) is 7.73. The molecule has 1 aromatic heterocycles. The molecule has 30 heavy (non-hydrogen) atoms. The molecule has 0 saturated carbocycles. The number of carbonyl (C=O) groups excluding carboxylic acids is 2. The molecule has 0 spiro atoms. The van der Waals surface area contributed by atoms with Gasteiger partial charge in [0.1, 0.15) is 0 Å². The second-order valence-corrected chi connectivity index (χ2v) is 8.95. The summed E-state index contributed by atoms with van der Waals surface area (Å²) in [7, 11) is -3.39. The van der Waals surface area contributed by atoms with E-state index in [0.717, 1.165) is 6.26 Å². The highest BCUT2D eigenvalue weighted by atomic mass is 32.2. The van der Waals surface area contributed by atoms with Crippen molar-refractivity contribution in [1.29, 1.82) is 0 Å². The van der Waals surface area contributed by atoms with Gasteiger partial charge < -0.3 is 9.64 Å². The van der Waals surface area contributed by atoms with Crippen molar-refractivity contribution >= 4 is 33.4 Å². The van der Waals surface area contributed by atoms with E-state index in [9.17, 15) is 18.0 Å². The zero-order valence-electron chi connectivity index (χ0n) is 16.8. The van der Waals surface area contributed by atoms with Crippen molar-refractivity contribution in [3.05, 3.63) is 48.3 Å². The first kappa shape index (κ1) is 21.7. The second kappa shape index (κ2) is 9.21. The van der Waals surface area contributed by atoms with Gasteiger partial charge in [-0.15, -0.1) is 0 Å². The molecule has 0 amide bonds. The van der Waals surface area contributed by atoms with Crippen LogP contribution in [-0.4, -0.2) is 55.6 Å². The molecule has 2 aromatic rings. The summed E-state index contributed by atoms with van der Waals surface area (Å²) >= 11 is 0. The van der Waals surface area contributed by atoms with Crippen molar-refractivity contribution in [3.63, 3.8) is 0 Å². The standard InChI is InChI=1S/C20H24N4O5S/c1-14(18(25)15-4-6-17(7-5-15)23-30(2,27)28)29-19(26)16-8-12-24(13-9-16)20-21-10-3-11-22-20/h3-7,10-11,14,16,23H,8-9,12-13H2,1-2H3. The highest BCUT2D eigenvalue weighted by Gasteiger charge is 2.29. The number of ketones is 1. The third kappa shape index (κ3) is 5.76. The maximum atomic E-state index is 12.6. The predicted molar refractivity (Wildman–Crippen MR) is 112 cm³/mol. The smallest absolute Gasteiger partial charge is 0.309 e. The fourth-order valence-electron chi connectivity index (χ4n) is 3.25. The minimum atomic E-state index is -3.39. The van der Waals surface area contributed by atoms with Gasteiger partial charge in [0.25, 0.3) is 0 Å². The summed E-state index contributed by atoms with van der Waals surface area (Å²) in [5.41, 5.74) is 0.693. The zero-order chi connectivity index (χ0) is 21.7. The number of rotatable bonds is 7.